The van der Waals surface area contributed by atoms with Crippen molar-refractivity contribution in [2.24, 2.45) is 0 Å². The Morgan fingerprint density at radius 3 is 2.17 bits per heavy atom. The highest BCUT2D eigenvalue weighted by molar-refractivity contribution is 9.10. The number of nitrogens with zero attached hydrogens (tertiary/aromatic N) is 2. The number of hydrogen-bond donors (Lipinski definition) is 0. The Morgan fingerprint density at radius 1 is 0.917 bits per heavy atom. The molecule has 2 nitrogen and oxygen atoms in total. The van der Waals surface area contributed by atoms with Crippen molar-refractivity contribution in [2.75, 3.05) is 0 Å². The second-order valence-electron chi connectivity index (χ2n) is 5.47. The van der Waals surface area contributed by atoms with Gasteiger partial charge in [0.2, 0.25) is 0 Å². The predicted octanol–water partition coefficient (Wildman–Crippen LogP) is 5.30. The number of benzene rings is 2. The summed E-state index contributed by atoms with van der Waals surface area (Å²) in [4.78, 5) is 4.33. The van der Waals surface area contributed by atoms with E-state index >= 15 is 0 Å². The van der Waals surface area contributed by atoms with Crippen molar-refractivity contribution in [2.45, 2.75) is 19.1 Å². The molecule has 2 aromatic carbocycles. The molecule has 0 aliphatic rings. The molecule has 24 heavy (non-hydrogen) atoms. The third kappa shape index (κ3) is 4.06. The number of imidazole rings is 1. The van der Waals surface area contributed by atoms with E-state index in [1.165, 1.54) is 12.1 Å². The average Bonchev–Trinajstić information content (AvgIpc) is 2.96. The van der Waals surface area contributed by atoms with Crippen LogP contribution in [0.1, 0.15) is 22.5 Å². The fourth-order valence-corrected chi connectivity index (χ4v) is 2.70. The topological polar surface area (TPSA) is 17.8 Å². The first-order chi connectivity index (χ1) is 11.4. The first-order valence-electron chi connectivity index (χ1n) is 7.32. The molecular weight excluding hydrogens is 381 g/mol. The molecule has 3 aromatic rings. The molecule has 3 rings (SSSR count). The Hall–Kier alpha value is -2.08. The zero-order valence-electron chi connectivity index (χ0n) is 12.6. The monoisotopic (exact) mass is 394 g/mol. The number of hydrogen-bond acceptors (Lipinski definition) is 1. The van der Waals surface area contributed by atoms with E-state index in [1.54, 1.807) is 6.20 Å². The lowest BCUT2D eigenvalue weighted by molar-refractivity contribution is -0.137. The standard InChI is InChI=1S/C18H14BrF3N2/c19-16-7-3-14(4-8-16)12-24-10-9-23-17(24)11-13-1-5-15(6-2-13)18(20,21)22/h1-10H,11-12H2. The van der Waals surface area contributed by atoms with E-state index < -0.39 is 11.7 Å². The molecule has 0 radical (unpaired) electrons. The molecule has 0 saturated carbocycles. The van der Waals surface area contributed by atoms with Crippen LogP contribution in [0.4, 0.5) is 13.2 Å². The van der Waals surface area contributed by atoms with E-state index in [2.05, 4.69) is 20.9 Å². The summed E-state index contributed by atoms with van der Waals surface area (Å²) in [6.45, 7) is 0.670. The van der Waals surface area contributed by atoms with Crippen LogP contribution < -0.4 is 0 Å². The largest absolute Gasteiger partial charge is 0.416 e. The molecule has 0 aliphatic carbocycles. The molecule has 6 heteroatoms. The maximum Gasteiger partial charge on any atom is 0.416 e. The third-order valence-electron chi connectivity index (χ3n) is 3.71. The van der Waals surface area contributed by atoms with Crippen molar-refractivity contribution in [3.63, 3.8) is 0 Å². The van der Waals surface area contributed by atoms with Gasteiger partial charge in [-0.3, -0.25) is 0 Å². The molecule has 0 bridgehead atoms. The molecule has 0 fully saturated rings. The summed E-state index contributed by atoms with van der Waals surface area (Å²) < 4.78 is 40.9. The van der Waals surface area contributed by atoms with Crippen molar-refractivity contribution >= 4 is 15.9 Å². The normalized spacial score (nSPS) is 11.7. The molecule has 0 saturated heterocycles. The minimum absolute atomic E-state index is 0.488. The van der Waals surface area contributed by atoms with Crippen molar-refractivity contribution in [3.8, 4) is 0 Å². The van der Waals surface area contributed by atoms with Crippen LogP contribution in [0.5, 0.6) is 0 Å². The van der Waals surface area contributed by atoms with Crippen LogP contribution in [0.15, 0.2) is 65.4 Å². The smallest absolute Gasteiger partial charge is 0.330 e. The van der Waals surface area contributed by atoms with Crippen LogP contribution in [0.3, 0.4) is 0 Å². The Balaban J connectivity index is 1.74. The van der Waals surface area contributed by atoms with E-state index in [0.717, 1.165) is 33.6 Å². The number of alkyl halides is 3. The van der Waals surface area contributed by atoms with Crippen LogP contribution in [0.25, 0.3) is 0 Å². The van der Waals surface area contributed by atoms with Gasteiger partial charge < -0.3 is 4.57 Å². The number of aromatic nitrogens is 2. The molecule has 0 aliphatic heterocycles. The van der Waals surface area contributed by atoms with E-state index in [4.69, 9.17) is 0 Å². The maximum atomic E-state index is 12.6. The van der Waals surface area contributed by atoms with Gasteiger partial charge in [-0.05, 0) is 35.4 Å². The maximum absolute atomic E-state index is 12.6. The molecular formula is C18H14BrF3N2. The second-order valence-corrected chi connectivity index (χ2v) is 6.38. The summed E-state index contributed by atoms with van der Waals surface area (Å²) in [5.74, 6) is 0.817. The van der Waals surface area contributed by atoms with E-state index in [9.17, 15) is 13.2 Å². The van der Waals surface area contributed by atoms with Crippen LogP contribution in [0, 0.1) is 0 Å². The summed E-state index contributed by atoms with van der Waals surface area (Å²) in [5, 5.41) is 0. The first-order valence-corrected chi connectivity index (χ1v) is 8.12. The quantitative estimate of drug-likeness (QED) is 0.586. The SMILES string of the molecule is FC(F)(F)c1ccc(Cc2nccn2Cc2ccc(Br)cc2)cc1. The molecule has 0 atom stereocenters. The van der Waals surface area contributed by atoms with Crippen molar-refractivity contribution in [1.82, 2.24) is 9.55 Å². The summed E-state index contributed by atoms with van der Waals surface area (Å²) in [5.41, 5.74) is 1.29. The van der Waals surface area contributed by atoms with Gasteiger partial charge >= 0.3 is 6.18 Å². The third-order valence-corrected chi connectivity index (χ3v) is 4.24. The van der Waals surface area contributed by atoms with Crippen LogP contribution in [-0.2, 0) is 19.1 Å². The van der Waals surface area contributed by atoms with Gasteiger partial charge in [-0.2, -0.15) is 13.2 Å². The van der Waals surface area contributed by atoms with Crippen molar-refractivity contribution in [1.29, 1.82) is 0 Å². The Labute approximate surface area is 146 Å². The first kappa shape index (κ1) is 16.8. The van der Waals surface area contributed by atoms with Crippen LogP contribution >= 0.6 is 15.9 Å². The summed E-state index contributed by atoms with van der Waals surface area (Å²) in [7, 11) is 0. The fraction of sp³-hybridized carbons (Fsp3) is 0.167. The minimum atomic E-state index is -4.31. The Bertz CT molecular complexity index is 806. The fourth-order valence-electron chi connectivity index (χ4n) is 2.43. The molecule has 0 amide bonds. The van der Waals surface area contributed by atoms with Gasteiger partial charge in [0.25, 0.3) is 0 Å². The van der Waals surface area contributed by atoms with Gasteiger partial charge in [-0.25, -0.2) is 4.98 Å². The average molecular weight is 395 g/mol. The molecule has 1 aromatic heterocycles. The highest BCUT2D eigenvalue weighted by atomic mass is 79.9. The van der Waals surface area contributed by atoms with Crippen molar-refractivity contribution in [3.05, 3.63) is 87.9 Å². The van der Waals surface area contributed by atoms with Gasteiger partial charge in [-0.1, -0.05) is 40.2 Å². The summed E-state index contributed by atoms with van der Waals surface area (Å²) in [6, 6.07) is 13.2. The highest BCUT2D eigenvalue weighted by Gasteiger charge is 2.29. The zero-order valence-corrected chi connectivity index (χ0v) is 14.2. The van der Waals surface area contributed by atoms with Gasteiger partial charge in [0, 0.05) is 29.8 Å². The Morgan fingerprint density at radius 2 is 1.54 bits per heavy atom. The lowest BCUT2D eigenvalue weighted by atomic mass is 10.1. The predicted molar refractivity (Wildman–Crippen MR) is 89.7 cm³/mol. The minimum Gasteiger partial charge on any atom is -0.330 e. The van der Waals surface area contributed by atoms with Crippen LogP contribution in [-0.4, -0.2) is 9.55 Å². The van der Waals surface area contributed by atoms with Gasteiger partial charge in [0.05, 0.1) is 5.56 Å². The Kier molecular flexibility index (Phi) is 4.76. The van der Waals surface area contributed by atoms with Gasteiger partial charge in [0.15, 0.2) is 0 Å². The lowest BCUT2D eigenvalue weighted by Crippen LogP contribution is -2.07. The summed E-state index contributed by atoms with van der Waals surface area (Å²) >= 11 is 3.40. The van der Waals surface area contributed by atoms with Gasteiger partial charge in [-0.15, -0.1) is 0 Å². The molecule has 0 unspecified atom stereocenters. The molecule has 1 heterocycles. The zero-order chi connectivity index (χ0) is 17.2. The number of rotatable bonds is 4. The summed E-state index contributed by atoms with van der Waals surface area (Å²) in [6.07, 6.45) is -0.236. The van der Waals surface area contributed by atoms with E-state index in [1.807, 2.05) is 35.0 Å². The van der Waals surface area contributed by atoms with Crippen molar-refractivity contribution < 1.29 is 13.2 Å². The molecule has 0 N–H and O–H groups in total. The van der Waals surface area contributed by atoms with E-state index in [-0.39, 0.29) is 0 Å². The lowest BCUT2D eigenvalue weighted by Gasteiger charge is -2.10. The molecule has 124 valence electrons. The highest BCUT2D eigenvalue weighted by Crippen LogP contribution is 2.29. The van der Waals surface area contributed by atoms with Crippen LogP contribution in [0.2, 0.25) is 0 Å². The number of halogens is 4. The molecule has 0 spiro atoms. The van der Waals surface area contributed by atoms with Gasteiger partial charge in [0.1, 0.15) is 5.82 Å². The van der Waals surface area contributed by atoms with E-state index in [0.29, 0.717) is 13.0 Å². The second kappa shape index (κ2) is 6.81.